The van der Waals surface area contributed by atoms with E-state index in [0.717, 1.165) is 5.75 Å². The van der Waals surface area contributed by atoms with Crippen LogP contribution in [0.15, 0.2) is 0 Å². The number of hydrazine groups is 1. The molecule has 0 aliphatic carbocycles. The van der Waals surface area contributed by atoms with Gasteiger partial charge in [0.05, 0.1) is 5.41 Å². The monoisotopic (exact) mass is 218 g/mol. The normalized spacial score (nSPS) is 14.2. The van der Waals surface area contributed by atoms with Gasteiger partial charge in [-0.3, -0.25) is 10.2 Å². The quantitative estimate of drug-likeness (QED) is 0.420. The Kier molecular flexibility index (Phi) is 5.52. The van der Waals surface area contributed by atoms with Crippen molar-refractivity contribution >= 4 is 17.7 Å². The number of hydrogen-bond donors (Lipinski definition) is 2. The van der Waals surface area contributed by atoms with Crippen LogP contribution in [0.4, 0.5) is 0 Å². The van der Waals surface area contributed by atoms with Crippen LogP contribution in [-0.4, -0.2) is 16.9 Å². The summed E-state index contributed by atoms with van der Waals surface area (Å²) in [6.45, 7) is 10.4. The first-order valence-corrected chi connectivity index (χ1v) is 5.98. The first-order chi connectivity index (χ1) is 6.31. The van der Waals surface area contributed by atoms with Crippen molar-refractivity contribution in [3.05, 3.63) is 0 Å². The Labute approximate surface area is 91.2 Å². The number of amides is 1. The molecule has 1 atom stereocenters. The second-order valence-electron chi connectivity index (χ2n) is 4.62. The summed E-state index contributed by atoms with van der Waals surface area (Å²) >= 11 is 1.82. The molecule has 0 bridgehead atoms. The van der Waals surface area contributed by atoms with Crippen molar-refractivity contribution in [3.8, 4) is 0 Å². The third-order valence-corrected chi connectivity index (χ3v) is 4.35. The Morgan fingerprint density at radius 1 is 1.43 bits per heavy atom. The minimum Gasteiger partial charge on any atom is -0.294 e. The van der Waals surface area contributed by atoms with Crippen LogP contribution in [0, 0.1) is 11.3 Å². The molecule has 1 amide bonds. The fourth-order valence-corrected chi connectivity index (χ4v) is 1.99. The van der Waals surface area contributed by atoms with E-state index in [4.69, 9.17) is 5.84 Å². The maximum atomic E-state index is 11.4. The van der Waals surface area contributed by atoms with Crippen molar-refractivity contribution < 1.29 is 4.79 Å². The molecule has 3 N–H and O–H groups in total. The Balaban J connectivity index is 4.05. The molecule has 0 saturated carbocycles. The van der Waals surface area contributed by atoms with Crippen LogP contribution in [0.1, 0.15) is 34.6 Å². The van der Waals surface area contributed by atoms with E-state index in [2.05, 4.69) is 26.2 Å². The summed E-state index contributed by atoms with van der Waals surface area (Å²) in [7, 11) is 0. The summed E-state index contributed by atoms with van der Waals surface area (Å²) in [4.78, 5) is 11.4. The molecule has 0 spiro atoms. The summed E-state index contributed by atoms with van der Waals surface area (Å²) in [5.41, 5.74) is 1.82. The number of hydrogen-bond acceptors (Lipinski definition) is 3. The van der Waals surface area contributed by atoms with Crippen LogP contribution in [-0.2, 0) is 4.79 Å². The number of carbonyl (C=O) groups excluding carboxylic acids is 1. The number of rotatable bonds is 5. The van der Waals surface area contributed by atoms with E-state index in [1.165, 1.54) is 0 Å². The van der Waals surface area contributed by atoms with E-state index in [0.29, 0.717) is 11.2 Å². The topological polar surface area (TPSA) is 55.1 Å². The maximum absolute atomic E-state index is 11.4. The van der Waals surface area contributed by atoms with E-state index in [9.17, 15) is 4.79 Å². The summed E-state index contributed by atoms with van der Waals surface area (Å²) < 4.78 is 0. The maximum Gasteiger partial charge on any atom is 0.240 e. The molecule has 1 unspecified atom stereocenters. The molecule has 4 heteroatoms. The van der Waals surface area contributed by atoms with E-state index in [-0.39, 0.29) is 11.3 Å². The fourth-order valence-electron chi connectivity index (χ4n) is 0.793. The van der Waals surface area contributed by atoms with E-state index >= 15 is 0 Å². The molecule has 14 heavy (non-hydrogen) atoms. The van der Waals surface area contributed by atoms with Gasteiger partial charge in [0.15, 0.2) is 0 Å². The zero-order valence-electron chi connectivity index (χ0n) is 9.76. The lowest BCUT2D eigenvalue weighted by Crippen LogP contribution is -2.42. The lowest BCUT2D eigenvalue weighted by Gasteiger charge is -2.24. The van der Waals surface area contributed by atoms with Gasteiger partial charge in [-0.1, -0.05) is 34.6 Å². The smallest absolute Gasteiger partial charge is 0.240 e. The molecular weight excluding hydrogens is 196 g/mol. The Morgan fingerprint density at radius 3 is 2.29 bits per heavy atom. The number of nitrogens with two attached hydrogens (primary N) is 1. The number of thioether (sulfide) groups is 1. The van der Waals surface area contributed by atoms with E-state index in [1.807, 2.05) is 25.6 Å². The van der Waals surface area contributed by atoms with Crippen molar-refractivity contribution in [3.63, 3.8) is 0 Å². The number of carbonyl (C=O) groups is 1. The van der Waals surface area contributed by atoms with Gasteiger partial charge >= 0.3 is 0 Å². The molecule has 0 fully saturated rings. The molecule has 0 aliphatic rings. The van der Waals surface area contributed by atoms with Gasteiger partial charge in [0, 0.05) is 11.0 Å². The average Bonchev–Trinajstić information content (AvgIpc) is 2.12. The number of nitrogens with one attached hydrogen (secondary N) is 1. The van der Waals surface area contributed by atoms with E-state index in [1.54, 1.807) is 0 Å². The zero-order valence-corrected chi connectivity index (χ0v) is 10.6. The van der Waals surface area contributed by atoms with E-state index < -0.39 is 0 Å². The average molecular weight is 218 g/mol. The van der Waals surface area contributed by atoms with Crippen LogP contribution in [0.5, 0.6) is 0 Å². The predicted octanol–water partition coefficient (Wildman–Crippen LogP) is 1.78. The van der Waals surface area contributed by atoms with Crippen LogP contribution in [0.2, 0.25) is 0 Å². The summed E-state index contributed by atoms with van der Waals surface area (Å²) in [6, 6.07) is 0. The van der Waals surface area contributed by atoms with Gasteiger partial charge in [-0.25, -0.2) is 5.84 Å². The van der Waals surface area contributed by atoms with Crippen molar-refractivity contribution in [2.45, 2.75) is 39.9 Å². The van der Waals surface area contributed by atoms with Gasteiger partial charge in [-0.15, -0.1) is 0 Å². The van der Waals surface area contributed by atoms with Crippen molar-refractivity contribution in [1.82, 2.24) is 5.43 Å². The first-order valence-electron chi connectivity index (χ1n) is 4.94. The highest BCUT2D eigenvalue weighted by atomic mass is 32.2. The molecule has 84 valence electrons. The molecule has 0 radical (unpaired) electrons. The molecular formula is C10H22N2OS. The van der Waals surface area contributed by atoms with Gasteiger partial charge in [0.2, 0.25) is 5.91 Å². The van der Waals surface area contributed by atoms with Crippen LogP contribution in [0.3, 0.4) is 0 Å². The lowest BCUT2D eigenvalue weighted by atomic mass is 9.96. The first kappa shape index (κ1) is 13.8. The highest BCUT2D eigenvalue weighted by Gasteiger charge is 2.27. The second kappa shape index (κ2) is 5.61. The fraction of sp³-hybridized carbons (Fsp3) is 0.900. The minimum absolute atomic E-state index is 0.0963. The molecule has 0 aliphatic heterocycles. The molecule has 0 aromatic rings. The summed E-state index contributed by atoms with van der Waals surface area (Å²) in [5, 5.41) is 0.569. The zero-order chi connectivity index (χ0) is 11.4. The highest BCUT2D eigenvalue weighted by molar-refractivity contribution is 7.99. The Hall–Kier alpha value is -0.220. The van der Waals surface area contributed by atoms with Crippen LogP contribution < -0.4 is 11.3 Å². The Morgan fingerprint density at radius 2 is 1.93 bits per heavy atom. The predicted molar refractivity (Wildman–Crippen MR) is 62.9 cm³/mol. The van der Waals surface area contributed by atoms with Gasteiger partial charge in [-0.05, 0) is 5.92 Å². The third kappa shape index (κ3) is 4.33. The largest absolute Gasteiger partial charge is 0.294 e. The summed E-state index contributed by atoms with van der Waals surface area (Å²) in [6.07, 6.45) is 0. The van der Waals surface area contributed by atoms with Gasteiger partial charge in [-0.2, -0.15) is 11.8 Å². The van der Waals surface area contributed by atoms with Gasteiger partial charge in [0.25, 0.3) is 0 Å². The molecule has 0 rings (SSSR count). The highest BCUT2D eigenvalue weighted by Crippen LogP contribution is 2.27. The minimum atomic E-state index is -0.386. The third-order valence-electron chi connectivity index (χ3n) is 2.39. The molecule has 0 heterocycles. The standard InChI is InChI=1S/C10H22N2OS/c1-7(2)8(3)14-6-10(4,5)9(13)12-11/h7-8H,6,11H2,1-5H3,(H,12,13). The second-order valence-corrected chi connectivity index (χ2v) is 5.98. The molecule has 3 nitrogen and oxygen atoms in total. The van der Waals surface area contributed by atoms with Crippen molar-refractivity contribution in [2.24, 2.45) is 17.2 Å². The van der Waals surface area contributed by atoms with Gasteiger partial charge < -0.3 is 0 Å². The molecule has 0 saturated heterocycles. The Bertz CT molecular complexity index is 193. The lowest BCUT2D eigenvalue weighted by molar-refractivity contribution is -0.128. The van der Waals surface area contributed by atoms with Crippen molar-refractivity contribution in [2.75, 3.05) is 5.75 Å². The van der Waals surface area contributed by atoms with Gasteiger partial charge in [0.1, 0.15) is 0 Å². The van der Waals surface area contributed by atoms with Crippen molar-refractivity contribution in [1.29, 1.82) is 0 Å². The summed E-state index contributed by atoms with van der Waals surface area (Å²) in [5.74, 6) is 6.46. The van der Waals surface area contributed by atoms with Crippen LogP contribution >= 0.6 is 11.8 Å². The SMILES string of the molecule is CC(C)C(C)SCC(C)(C)C(=O)NN. The molecule has 0 aromatic heterocycles. The molecule has 0 aromatic carbocycles. The van der Waals surface area contributed by atoms with Crippen LogP contribution in [0.25, 0.3) is 0 Å².